The predicted octanol–water partition coefficient (Wildman–Crippen LogP) is 2.91. The van der Waals surface area contributed by atoms with Crippen LogP contribution in [0.15, 0.2) is 36.4 Å². The first-order valence-corrected chi connectivity index (χ1v) is 8.37. The van der Waals surface area contributed by atoms with E-state index in [1.54, 1.807) is 0 Å². The molecule has 3 aliphatic carbocycles. The van der Waals surface area contributed by atoms with Crippen LogP contribution in [0, 0.1) is 23.7 Å². The van der Waals surface area contributed by atoms with Gasteiger partial charge >= 0.3 is 5.97 Å². The number of hydrogen-bond donors (Lipinski definition) is 2. The molecule has 1 aromatic carbocycles. The van der Waals surface area contributed by atoms with E-state index in [2.05, 4.69) is 5.32 Å². The van der Waals surface area contributed by atoms with E-state index < -0.39 is 17.8 Å². The highest BCUT2D eigenvalue weighted by molar-refractivity contribution is 6.30. The van der Waals surface area contributed by atoms with E-state index in [1.807, 2.05) is 36.4 Å². The molecule has 4 nitrogen and oxygen atoms in total. The summed E-state index contributed by atoms with van der Waals surface area (Å²) in [5.41, 5.74) is 1.05. The first kappa shape index (κ1) is 16.1. The normalized spacial score (nSPS) is 28.6. The smallest absolute Gasteiger partial charge is 0.307 e. The maximum Gasteiger partial charge on any atom is 0.307 e. The van der Waals surface area contributed by atoms with E-state index >= 15 is 0 Å². The van der Waals surface area contributed by atoms with E-state index in [1.165, 1.54) is 0 Å². The Hall–Kier alpha value is -1.81. The minimum atomic E-state index is -0.862. The molecule has 0 aliphatic heterocycles. The van der Waals surface area contributed by atoms with Gasteiger partial charge in [0, 0.05) is 11.6 Å². The summed E-state index contributed by atoms with van der Waals surface area (Å²) in [5.74, 6) is -2.01. The van der Waals surface area contributed by atoms with E-state index in [-0.39, 0.29) is 17.7 Å². The molecule has 1 saturated carbocycles. The molecule has 0 aromatic heterocycles. The van der Waals surface area contributed by atoms with Crippen molar-refractivity contribution in [2.75, 3.05) is 6.54 Å². The highest BCUT2D eigenvalue weighted by atomic mass is 35.5. The second-order valence-corrected chi connectivity index (χ2v) is 6.79. The van der Waals surface area contributed by atoms with Crippen LogP contribution in [0.4, 0.5) is 0 Å². The lowest BCUT2D eigenvalue weighted by atomic mass is 9.62. The summed E-state index contributed by atoms with van der Waals surface area (Å²) in [5, 5.41) is 13.1. The molecule has 0 spiro atoms. The predicted molar refractivity (Wildman–Crippen MR) is 88.1 cm³/mol. The first-order valence-electron chi connectivity index (χ1n) is 7.99. The van der Waals surface area contributed by atoms with Gasteiger partial charge in [-0.05, 0) is 48.8 Å². The third-order valence-corrected chi connectivity index (χ3v) is 5.17. The molecule has 5 heteroatoms. The van der Waals surface area contributed by atoms with Crippen LogP contribution in [-0.2, 0) is 16.0 Å². The van der Waals surface area contributed by atoms with E-state index in [0.717, 1.165) is 18.4 Å². The Morgan fingerprint density at radius 1 is 1.17 bits per heavy atom. The number of carbonyl (C=O) groups excluding carboxylic acids is 1. The lowest BCUT2D eigenvalue weighted by Crippen LogP contribution is -2.49. The average Bonchev–Trinajstić information content (AvgIpc) is 2.55. The van der Waals surface area contributed by atoms with Crippen molar-refractivity contribution in [1.29, 1.82) is 0 Å². The number of aliphatic carboxylic acids is 1. The van der Waals surface area contributed by atoms with E-state index in [9.17, 15) is 14.7 Å². The van der Waals surface area contributed by atoms with Crippen LogP contribution in [0.1, 0.15) is 18.4 Å². The monoisotopic (exact) mass is 333 g/mol. The van der Waals surface area contributed by atoms with Gasteiger partial charge in [-0.2, -0.15) is 0 Å². The zero-order valence-corrected chi connectivity index (χ0v) is 13.5. The van der Waals surface area contributed by atoms with Gasteiger partial charge in [0.05, 0.1) is 11.8 Å². The van der Waals surface area contributed by atoms with Crippen LogP contribution in [0.25, 0.3) is 0 Å². The molecule has 0 heterocycles. The summed E-state index contributed by atoms with van der Waals surface area (Å²) in [6.45, 7) is 0.489. The van der Waals surface area contributed by atoms with E-state index in [0.29, 0.717) is 18.0 Å². The molecule has 1 fully saturated rings. The fourth-order valence-corrected chi connectivity index (χ4v) is 4.04. The molecule has 0 saturated heterocycles. The third-order valence-electron chi connectivity index (χ3n) is 4.94. The van der Waals surface area contributed by atoms with Crippen molar-refractivity contribution in [3.63, 3.8) is 0 Å². The fourth-order valence-electron chi connectivity index (χ4n) is 3.83. The Morgan fingerprint density at radius 3 is 2.48 bits per heavy atom. The number of allylic oxidation sites excluding steroid dienone is 2. The lowest BCUT2D eigenvalue weighted by Gasteiger charge is -2.41. The molecule has 2 N–H and O–H groups in total. The maximum atomic E-state index is 12.5. The molecule has 1 amide bonds. The number of hydrogen-bond acceptors (Lipinski definition) is 2. The van der Waals surface area contributed by atoms with Crippen molar-refractivity contribution in [2.45, 2.75) is 19.3 Å². The SMILES string of the molecule is O=C(O)[C@@H]1[C@H](C(=O)NCCc2cccc(Cl)c2)[C@@H]2C=C[C@H]1CC2. The molecule has 23 heavy (non-hydrogen) atoms. The van der Waals surface area contributed by atoms with Gasteiger partial charge in [-0.15, -0.1) is 0 Å². The lowest BCUT2D eigenvalue weighted by molar-refractivity contribution is -0.152. The minimum Gasteiger partial charge on any atom is -0.481 e. The standard InChI is InChI=1S/C18H20ClNO3/c19-14-3-1-2-11(10-14)8-9-20-17(21)15-12-4-6-13(7-5-12)16(15)18(22)23/h1-4,6,10,12-13,15-16H,5,7-9H2,(H,20,21)(H,22,23)/t12-,13+,15-,16+/m1/s1. The number of rotatable bonds is 5. The highest BCUT2D eigenvalue weighted by Crippen LogP contribution is 2.45. The summed E-state index contributed by atoms with van der Waals surface area (Å²) in [6, 6.07) is 7.53. The molecule has 4 rings (SSSR count). The zero-order chi connectivity index (χ0) is 16.4. The van der Waals surface area contributed by atoms with Gasteiger partial charge < -0.3 is 10.4 Å². The van der Waals surface area contributed by atoms with Gasteiger partial charge in [0.15, 0.2) is 0 Å². The number of halogens is 1. The molecule has 1 aromatic rings. The van der Waals surface area contributed by atoms with Gasteiger partial charge in [-0.3, -0.25) is 9.59 Å². The highest BCUT2D eigenvalue weighted by Gasteiger charge is 2.47. The van der Waals surface area contributed by atoms with Gasteiger partial charge in [0.2, 0.25) is 5.91 Å². The number of carboxylic acid groups (broad SMARTS) is 1. The van der Waals surface area contributed by atoms with Gasteiger partial charge in [-0.1, -0.05) is 35.9 Å². The molecular weight excluding hydrogens is 314 g/mol. The Balaban J connectivity index is 1.61. The molecule has 3 aliphatic rings. The van der Waals surface area contributed by atoms with Gasteiger partial charge in [0.25, 0.3) is 0 Å². The molecule has 4 atom stereocenters. The quantitative estimate of drug-likeness (QED) is 0.814. The number of benzene rings is 1. The van der Waals surface area contributed by atoms with Crippen LogP contribution in [0.2, 0.25) is 5.02 Å². The largest absolute Gasteiger partial charge is 0.481 e. The second kappa shape index (κ2) is 6.75. The summed E-state index contributed by atoms with van der Waals surface area (Å²) < 4.78 is 0. The Kier molecular flexibility index (Phi) is 4.71. The second-order valence-electron chi connectivity index (χ2n) is 6.35. The fraction of sp³-hybridized carbons (Fsp3) is 0.444. The van der Waals surface area contributed by atoms with Crippen LogP contribution in [-0.4, -0.2) is 23.5 Å². The number of carbonyl (C=O) groups is 2. The molecule has 122 valence electrons. The van der Waals surface area contributed by atoms with Crippen molar-refractivity contribution >= 4 is 23.5 Å². The van der Waals surface area contributed by atoms with E-state index in [4.69, 9.17) is 11.6 Å². The van der Waals surface area contributed by atoms with Crippen LogP contribution >= 0.6 is 11.6 Å². The van der Waals surface area contributed by atoms with Crippen molar-refractivity contribution in [1.82, 2.24) is 5.32 Å². The first-order chi connectivity index (χ1) is 11.1. The molecule has 0 unspecified atom stereocenters. The van der Waals surface area contributed by atoms with Crippen LogP contribution in [0.3, 0.4) is 0 Å². The Morgan fingerprint density at radius 2 is 1.87 bits per heavy atom. The van der Waals surface area contributed by atoms with Crippen molar-refractivity contribution in [2.24, 2.45) is 23.7 Å². The summed E-state index contributed by atoms with van der Waals surface area (Å²) in [7, 11) is 0. The summed E-state index contributed by atoms with van der Waals surface area (Å²) in [6.07, 6.45) is 6.44. The van der Waals surface area contributed by atoms with Crippen molar-refractivity contribution in [3.05, 3.63) is 47.0 Å². The Bertz CT molecular complexity index is 643. The van der Waals surface area contributed by atoms with Crippen LogP contribution < -0.4 is 5.32 Å². The third kappa shape index (κ3) is 3.42. The maximum absolute atomic E-state index is 12.5. The topological polar surface area (TPSA) is 66.4 Å². The van der Waals surface area contributed by atoms with Gasteiger partial charge in [0.1, 0.15) is 0 Å². The summed E-state index contributed by atoms with van der Waals surface area (Å²) >= 11 is 5.94. The zero-order valence-electron chi connectivity index (χ0n) is 12.7. The Labute approximate surface area is 140 Å². The minimum absolute atomic E-state index is 0.0128. The number of fused-ring (bicyclic) bond motifs is 2. The number of amides is 1. The molecule has 2 bridgehead atoms. The molecule has 0 radical (unpaired) electrons. The number of carboxylic acids is 1. The average molecular weight is 334 g/mol. The number of nitrogens with one attached hydrogen (secondary N) is 1. The van der Waals surface area contributed by atoms with Crippen LogP contribution in [0.5, 0.6) is 0 Å². The van der Waals surface area contributed by atoms with Gasteiger partial charge in [-0.25, -0.2) is 0 Å². The molecular formula is C18H20ClNO3. The van der Waals surface area contributed by atoms with Crippen molar-refractivity contribution in [3.8, 4) is 0 Å². The van der Waals surface area contributed by atoms with Crippen molar-refractivity contribution < 1.29 is 14.7 Å². The summed E-state index contributed by atoms with van der Waals surface area (Å²) in [4.78, 5) is 24.1.